The van der Waals surface area contributed by atoms with Crippen LogP contribution in [-0.4, -0.2) is 34.3 Å². The summed E-state index contributed by atoms with van der Waals surface area (Å²) in [5, 5.41) is 2.86. The summed E-state index contributed by atoms with van der Waals surface area (Å²) < 4.78 is 13.1. The number of fused-ring (bicyclic) bond motifs is 3. The topological polar surface area (TPSA) is 69.7 Å². The summed E-state index contributed by atoms with van der Waals surface area (Å²) in [6.07, 6.45) is 0.397. The van der Waals surface area contributed by atoms with Gasteiger partial charge in [0.25, 0.3) is 11.8 Å². The first-order valence-electron chi connectivity index (χ1n) is 9.65. The molecule has 1 N–H and O–H groups in total. The van der Waals surface area contributed by atoms with E-state index in [-0.39, 0.29) is 43.1 Å². The molecule has 2 aliphatic heterocycles. The number of nitrogens with zero attached hydrogens (tertiary/aromatic N) is 2. The summed E-state index contributed by atoms with van der Waals surface area (Å²) in [4.78, 5) is 42.6. The number of amides is 3. The molecule has 3 amide bonds. The lowest BCUT2D eigenvalue weighted by atomic mass is 9.94. The van der Waals surface area contributed by atoms with Crippen molar-refractivity contribution in [1.29, 1.82) is 0 Å². The number of carbonyl (C=O) groups excluding carboxylic acids is 3. The van der Waals surface area contributed by atoms with Crippen LogP contribution in [0.4, 0.5) is 10.1 Å². The number of halogens is 1. The Kier molecular flexibility index (Phi) is 4.61. The lowest BCUT2D eigenvalue weighted by Crippen LogP contribution is -2.71. The molecule has 0 unspecified atom stereocenters. The van der Waals surface area contributed by atoms with Crippen molar-refractivity contribution in [1.82, 2.24) is 10.2 Å². The van der Waals surface area contributed by atoms with Crippen molar-refractivity contribution in [3.05, 3.63) is 65.5 Å². The van der Waals surface area contributed by atoms with E-state index in [0.717, 1.165) is 5.56 Å². The fourth-order valence-electron chi connectivity index (χ4n) is 4.33. The maximum absolute atomic E-state index is 13.5. The lowest BCUT2D eigenvalue weighted by Gasteiger charge is -2.50. The lowest BCUT2D eigenvalue weighted by molar-refractivity contribution is -0.134. The first kappa shape index (κ1) is 19.1. The number of benzene rings is 2. The minimum Gasteiger partial charge on any atom is -0.348 e. The fourth-order valence-corrected chi connectivity index (χ4v) is 4.33. The summed E-state index contributed by atoms with van der Waals surface area (Å²) in [5.41, 5.74) is 0.203. The van der Waals surface area contributed by atoms with Crippen LogP contribution in [0.3, 0.4) is 0 Å². The number of anilines is 1. The Morgan fingerprint density at radius 3 is 2.52 bits per heavy atom. The van der Waals surface area contributed by atoms with E-state index in [1.165, 1.54) is 21.9 Å². The maximum Gasteiger partial charge on any atom is 0.267 e. The smallest absolute Gasteiger partial charge is 0.267 e. The number of rotatable bonds is 4. The van der Waals surface area contributed by atoms with Gasteiger partial charge < -0.3 is 10.2 Å². The van der Waals surface area contributed by atoms with Crippen LogP contribution in [0.2, 0.25) is 0 Å². The Hall–Kier alpha value is -3.22. The van der Waals surface area contributed by atoms with Gasteiger partial charge in [-0.15, -0.1) is 0 Å². The average Bonchev–Trinajstić information content (AvgIpc) is 3.05. The fraction of sp³-hybridized carbons (Fsp3) is 0.318. The van der Waals surface area contributed by atoms with Crippen molar-refractivity contribution in [3.63, 3.8) is 0 Å². The molecule has 0 aliphatic carbocycles. The van der Waals surface area contributed by atoms with Gasteiger partial charge in [0.2, 0.25) is 11.6 Å². The molecule has 7 heteroatoms. The highest BCUT2D eigenvalue weighted by Crippen LogP contribution is 2.45. The summed E-state index contributed by atoms with van der Waals surface area (Å²) >= 11 is 0. The zero-order valence-corrected chi connectivity index (χ0v) is 16.3. The molecular weight excluding hydrogens is 373 g/mol. The van der Waals surface area contributed by atoms with Gasteiger partial charge in [0.05, 0.1) is 11.3 Å². The van der Waals surface area contributed by atoms with Gasteiger partial charge in [-0.3, -0.25) is 19.3 Å². The van der Waals surface area contributed by atoms with Crippen molar-refractivity contribution in [3.8, 4) is 0 Å². The maximum atomic E-state index is 13.5. The zero-order valence-electron chi connectivity index (χ0n) is 16.3. The Morgan fingerprint density at radius 1 is 1.14 bits per heavy atom. The van der Waals surface area contributed by atoms with Crippen LogP contribution in [0.15, 0.2) is 48.5 Å². The second kappa shape index (κ2) is 6.99. The van der Waals surface area contributed by atoms with Gasteiger partial charge in [-0.1, -0.05) is 24.3 Å². The Bertz CT molecular complexity index is 989. The van der Waals surface area contributed by atoms with E-state index in [2.05, 4.69) is 5.32 Å². The van der Waals surface area contributed by atoms with Crippen molar-refractivity contribution >= 4 is 23.4 Å². The van der Waals surface area contributed by atoms with Crippen molar-refractivity contribution in [2.45, 2.75) is 44.9 Å². The average molecular weight is 395 g/mol. The predicted molar refractivity (Wildman–Crippen MR) is 105 cm³/mol. The van der Waals surface area contributed by atoms with Gasteiger partial charge in [0.1, 0.15) is 5.82 Å². The standard InChI is InChI=1S/C22H22FN3O3/c1-14(2)25-20(28)17-5-3-4-6-18(17)26-19(27)11-12-22(25,26)21(29)24-13-15-7-9-16(23)10-8-15/h3-10,14H,11-13H2,1-2H3,(H,24,29)/t22-/m1/s1. The normalized spacial score (nSPS) is 20.7. The molecule has 0 radical (unpaired) electrons. The summed E-state index contributed by atoms with van der Waals surface area (Å²) in [7, 11) is 0. The van der Waals surface area contributed by atoms with Crippen molar-refractivity contribution in [2.75, 3.05) is 4.90 Å². The summed E-state index contributed by atoms with van der Waals surface area (Å²) in [6, 6.07) is 12.4. The van der Waals surface area contributed by atoms with E-state index in [0.29, 0.717) is 11.3 Å². The minimum absolute atomic E-state index is 0.171. The third-order valence-electron chi connectivity index (χ3n) is 5.55. The molecule has 2 aromatic carbocycles. The molecule has 1 saturated heterocycles. The van der Waals surface area contributed by atoms with Gasteiger partial charge in [-0.25, -0.2) is 4.39 Å². The number of carbonyl (C=O) groups is 3. The molecule has 29 heavy (non-hydrogen) atoms. The molecule has 0 spiro atoms. The number of hydrogen-bond acceptors (Lipinski definition) is 3. The number of para-hydroxylation sites is 1. The zero-order chi connectivity index (χ0) is 20.8. The van der Waals surface area contributed by atoms with Crippen LogP contribution in [0, 0.1) is 5.82 Å². The van der Waals surface area contributed by atoms with Crippen LogP contribution < -0.4 is 10.2 Å². The van der Waals surface area contributed by atoms with Gasteiger partial charge >= 0.3 is 0 Å². The van der Waals surface area contributed by atoms with Crippen LogP contribution in [0.25, 0.3) is 0 Å². The molecule has 4 rings (SSSR count). The highest BCUT2D eigenvalue weighted by Gasteiger charge is 2.61. The third-order valence-corrected chi connectivity index (χ3v) is 5.55. The molecule has 2 heterocycles. The highest BCUT2D eigenvalue weighted by atomic mass is 19.1. The van der Waals surface area contributed by atoms with Gasteiger partial charge in [0, 0.05) is 25.4 Å². The second-order valence-corrected chi connectivity index (χ2v) is 7.64. The molecule has 0 aromatic heterocycles. The van der Waals surface area contributed by atoms with Gasteiger partial charge in [0.15, 0.2) is 0 Å². The van der Waals surface area contributed by atoms with Crippen molar-refractivity contribution < 1.29 is 18.8 Å². The van der Waals surface area contributed by atoms with Crippen LogP contribution in [0.5, 0.6) is 0 Å². The first-order chi connectivity index (χ1) is 13.9. The third kappa shape index (κ3) is 2.88. The molecule has 0 bridgehead atoms. The van der Waals surface area contributed by atoms with E-state index >= 15 is 0 Å². The largest absolute Gasteiger partial charge is 0.348 e. The van der Waals surface area contributed by atoms with E-state index < -0.39 is 11.6 Å². The van der Waals surface area contributed by atoms with Crippen LogP contribution in [0.1, 0.15) is 42.6 Å². The quantitative estimate of drug-likeness (QED) is 0.866. The van der Waals surface area contributed by atoms with E-state index in [1.807, 2.05) is 13.8 Å². The van der Waals surface area contributed by atoms with Crippen LogP contribution in [-0.2, 0) is 16.1 Å². The molecule has 6 nitrogen and oxygen atoms in total. The van der Waals surface area contributed by atoms with E-state index in [9.17, 15) is 18.8 Å². The molecular formula is C22H22FN3O3. The monoisotopic (exact) mass is 395 g/mol. The Labute approximate surface area is 168 Å². The number of hydrogen-bond donors (Lipinski definition) is 1. The Morgan fingerprint density at radius 2 is 1.83 bits per heavy atom. The SMILES string of the molecule is CC(C)N1C(=O)c2ccccc2N2C(=O)CC[C@]21C(=O)NCc1ccc(F)cc1. The van der Waals surface area contributed by atoms with Gasteiger partial charge in [-0.05, 0) is 43.7 Å². The first-order valence-corrected chi connectivity index (χ1v) is 9.65. The van der Waals surface area contributed by atoms with Crippen molar-refractivity contribution in [2.24, 2.45) is 0 Å². The second-order valence-electron chi connectivity index (χ2n) is 7.64. The molecule has 2 aromatic rings. The highest BCUT2D eigenvalue weighted by molar-refractivity contribution is 6.16. The van der Waals surface area contributed by atoms with E-state index in [4.69, 9.17) is 0 Å². The molecule has 2 aliphatic rings. The molecule has 1 atom stereocenters. The Balaban J connectivity index is 1.75. The minimum atomic E-state index is -1.41. The molecule has 0 saturated carbocycles. The number of nitrogens with one attached hydrogen (secondary N) is 1. The van der Waals surface area contributed by atoms with Crippen LogP contribution >= 0.6 is 0 Å². The predicted octanol–water partition coefficient (Wildman–Crippen LogP) is 2.83. The summed E-state index contributed by atoms with van der Waals surface area (Å²) in [5.74, 6) is -1.22. The molecule has 1 fully saturated rings. The summed E-state index contributed by atoms with van der Waals surface area (Å²) in [6.45, 7) is 3.84. The van der Waals surface area contributed by atoms with Gasteiger partial charge in [-0.2, -0.15) is 0 Å². The molecule has 150 valence electrons. The van der Waals surface area contributed by atoms with E-state index in [1.54, 1.807) is 36.4 Å².